The standard InChI is InChI=1S/C46H50F2N12O6S/c1-4-56(2)67(65,66)55-36-10-9-35(47)41(42(36)48)44(63)34-25-51-45-33(34)21-28(24-50-45)27-5-11-38(49-23-27)59-17-19-60(20-18-59)40(62)26-58-15-13-29(14-16-58)52-30-6-7-31-37(22-30)57(3)54-43(31)32-8-12-39(61)53-46(32)64/h5-7,9-11,21-25,29,32,52,55H,4,8,12-20,26H2,1-3H3,(H,50,51)(H,53,61,64). The van der Waals surface area contributed by atoms with Crippen molar-refractivity contribution in [1.29, 1.82) is 0 Å². The summed E-state index contributed by atoms with van der Waals surface area (Å²) in [6.07, 6.45) is 7.08. The van der Waals surface area contributed by atoms with Crippen molar-refractivity contribution < 1.29 is 36.4 Å². The number of ketones is 1. The van der Waals surface area contributed by atoms with E-state index < -0.39 is 44.8 Å². The van der Waals surface area contributed by atoms with Gasteiger partial charge in [0.1, 0.15) is 17.3 Å². The van der Waals surface area contributed by atoms with Crippen LogP contribution in [0, 0.1) is 11.6 Å². The lowest BCUT2D eigenvalue weighted by Gasteiger charge is -2.37. The van der Waals surface area contributed by atoms with Crippen LogP contribution in [-0.2, 0) is 31.6 Å². The molecule has 350 valence electrons. The molecule has 3 amide bonds. The van der Waals surface area contributed by atoms with E-state index in [4.69, 9.17) is 4.98 Å². The Morgan fingerprint density at radius 3 is 2.39 bits per heavy atom. The number of rotatable bonds is 13. The number of amides is 3. The number of nitrogens with zero attached hydrogens (tertiary/aromatic N) is 8. The number of pyridine rings is 2. The monoisotopic (exact) mass is 936 g/mol. The molecule has 18 nitrogen and oxygen atoms in total. The van der Waals surface area contributed by atoms with Crippen molar-refractivity contribution in [3.05, 3.63) is 95.6 Å². The third-order valence-corrected chi connectivity index (χ3v) is 14.5. The molecule has 4 aromatic heterocycles. The van der Waals surface area contributed by atoms with Crippen LogP contribution in [0.4, 0.5) is 26.0 Å². The predicted molar refractivity (Wildman–Crippen MR) is 248 cm³/mol. The number of halogens is 2. The number of piperazine rings is 1. The van der Waals surface area contributed by atoms with E-state index >= 15 is 8.78 Å². The molecular formula is C46H50F2N12O6S. The van der Waals surface area contributed by atoms with Crippen molar-refractivity contribution in [3.8, 4) is 11.1 Å². The first-order valence-electron chi connectivity index (χ1n) is 22.2. The van der Waals surface area contributed by atoms with Gasteiger partial charge in [0.25, 0.3) is 0 Å². The van der Waals surface area contributed by atoms with E-state index in [1.165, 1.54) is 13.2 Å². The second-order valence-corrected chi connectivity index (χ2v) is 18.9. The number of carbonyl (C=O) groups excluding carboxylic acids is 4. The number of nitrogens with one attached hydrogen (secondary N) is 4. The van der Waals surface area contributed by atoms with Gasteiger partial charge in [0.05, 0.1) is 34.9 Å². The molecule has 7 heterocycles. The quantitative estimate of drug-likeness (QED) is 0.0940. The van der Waals surface area contributed by atoms with Gasteiger partial charge in [-0.05, 0) is 67.8 Å². The summed E-state index contributed by atoms with van der Waals surface area (Å²) >= 11 is 0. The highest BCUT2D eigenvalue weighted by Gasteiger charge is 2.33. The van der Waals surface area contributed by atoms with Crippen LogP contribution in [0.15, 0.2) is 67.1 Å². The summed E-state index contributed by atoms with van der Waals surface area (Å²) in [5, 5.41) is 11.9. The molecule has 2 aromatic carbocycles. The number of H-pyrrole nitrogens is 1. The third kappa shape index (κ3) is 9.17. The maximum Gasteiger partial charge on any atom is 0.301 e. The topological polar surface area (TPSA) is 211 Å². The zero-order valence-electron chi connectivity index (χ0n) is 37.2. The molecule has 1 atom stereocenters. The van der Waals surface area contributed by atoms with Crippen molar-refractivity contribution >= 4 is 72.8 Å². The summed E-state index contributed by atoms with van der Waals surface area (Å²) in [7, 11) is -0.998. The van der Waals surface area contributed by atoms with Gasteiger partial charge in [-0.2, -0.15) is 17.8 Å². The number of aromatic amines is 1. The predicted octanol–water partition coefficient (Wildman–Crippen LogP) is 4.37. The molecule has 0 saturated carbocycles. The van der Waals surface area contributed by atoms with E-state index in [2.05, 4.69) is 40.2 Å². The molecule has 67 heavy (non-hydrogen) atoms. The molecule has 3 aliphatic heterocycles. The number of fused-ring (bicyclic) bond motifs is 2. The summed E-state index contributed by atoms with van der Waals surface area (Å²) in [5.74, 6) is -3.66. The molecule has 3 fully saturated rings. The Labute approximate surface area is 384 Å². The lowest BCUT2D eigenvalue weighted by Crippen LogP contribution is -2.52. The number of imide groups is 1. The van der Waals surface area contributed by atoms with Crippen molar-refractivity contribution in [3.63, 3.8) is 0 Å². The molecule has 6 aromatic rings. The molecule has 0 bridgehead atoms. The second kappa shape index (κ2) is 18.4. The Morgan fingerprint density at radius 1 is 0.910 bits per heavy atom. The molecule has 21 heteroatoms. The summed E-state index contributed by atoms with van der Waals surface area (Å²) in [6.45, 7) is 5.93. The van der Waals surface area contributed by atoms with Crippen LogP contribution in [0.3, 0.4) is 0 Å². The molecule has 3 saturated heterocycles. The first-order valence-corrected chi connectivity index (χ1v) is 23.6. The number of anilines is 3. The van der Waals surface area contributed by atoms with Crippen LogP contribution >= 0.6 is 0 Å². The maximum absolute atomic E-state index is 15.6. The molecule has 0 radical (unpaired) electrons. The minimum Gasteiger partial charge on any atom is -0.382 e. The lowest BCUT2D eigenvalue weighted by atomic mass is 9.93. The normalized spacial score (nSPS) is 17.7. The van der Waals surface area contributed by atoms with Gasteiger partial charge in [0, 0.05) is 124 Å². The van der Waals surface area contributed by atoms with E-state index in [9.17, 15) is 27.6 Å². The van der Waals surface area contributed by atoms with E-state index in [1.54, 1.807) is 30.1 Å². The molecule has 3 aliphatic rings. The van der Waals surface area contributed by atoms with Crippen LogP contribution < -0.4 is 20.3 Å². The highest BCUT2D eigenvalue weighted by atomic mass is 32.2. The molecule has 9 rings (SSSR count). The average Bonchev–Trinajstić information content (AvgIpc) is 3.90. The number of aromatic nitrogens is 5. The zero-order valence-corrected chi connectivity index (χ0v) is 38.0. The van der Waals surface area contributed by atoms with Crippen LogP contribution in [0.5, 0.6) is 0 Å². The SMILES string of the molecule is CCN(C)S(=O)(=O)Nc1ccc(F)c(C(=O)c2c[nH]c3ncc(-c4ccc(N5CCN(C(=O)CN6CCC(Nc7ccc8c(C9CCC(=O)NC9=O)nn(C)c8c7)CC6)CC5)nc4)cc23)c1F. The summed E-state index contributed by atoms with van der Waals surface area (Å²) in [4.78, 5) is 69.6. The Balaban J connectivity index is 0.769. The first-order chi connectivity index (χ1) is 32.2. The van der Waals surface area contributed by atoms with Crippen molar-refractivity contribution in [2.24, 2.45) is 7.05 Å². The number of piperidine rings is 2. The van der Waals surface area contributed by atoms with Gasteiger partial charge in [0.15, 0.2) is 5.82 Å². The average molecular weight is 937 g/mol. The van der Waals surface area contributed by atoms with Crippen molar-refractivity contribution in [2.45, 2.75) is 44.6 Å². The number of benzene rings is 2. The first kappa shape index (κ1) is 45.3. The molecular weight excluding hydrogens is 887 g/mol. The fraction of sp³-hybridized carbons (Fsp3) is 0.370. The smallest absolute Gasteiger partial charge is 0.301 e. The summed E-state index contributed by atoms with van der Waals surface area (Å²) in [5.41, 5.74) is 2.64. The molecule has 0 aliphatic carbocycles. The van der Waals surface area contributed by atoms with Crippen LogP contribution in [-0.4, -0.2) is 136 Å². The highest BCUT2D eigenvalue weighted by Crippen LogP contribution is 2.33. The Morgan fingerprint density at radius 2 is 1.67 bits per heavy atom. The zero-order chi connectivity index (χ0) is 47.1. The highest BCUT2D eigenvalue weighted by molar-refractivity contribution is 7.90. The minimum absolute atomic E-state index is 0.0490. The van der Waals surface area contributed by atoms with Crippen LogP contribution in [0.2, 0.25) is 0 Å². The molecule has 0 spiro atoms. The fourth-order valence-electron chi connectivity index (χ4n) is 8.99. The van der Waals surface area contributed by atoms with Gasteiger partial charge in [-0.1, -0.05) is 6.92 Å². The number of carbonyl (C=O) groups is 4. The van der Waals surface area contributed by atoms with E-state index in [0.717, 1.165) is 64.8 Å². The van der Waals surface area contributed by atoms with Gasteiger partial charge in [0.2, 0.25) is 23.5 Å². The van der Waals surface area contributed by atoms with Gasteiger partial charge in [-0.25, -0.2) is 18.7 Å². The van der Waals surface area contributed by atoms with Crippen LogP contribution in [0.1, 0.15) is 60.1 Å². The number of likely N-dealkylation sites (tertiary alicyclic amines) is 1. The van der Waals surface area contributed by atoms with E-state index in [0.29, 0.717) is 73.4 Å². The minimum atomic E-state index is -4.15. The number of hydrogen-bond donors (Lipinski definition) is 4. The second-order valence-electron chi connectivity index (χ2n) is 17.2. The maximum atomic E-state index is 15.6. The Hall–Kier alpha value is -6.84. The van der Waals surface area contributed by atoms with Gasteiger partial charge >= 0.3 is 10.2 Å². The third-order valence-electron chi connectivity index (χ3n) is 13.0. The summed E-state index contributed by atoms with van der Waals surface area (Å²) < 4.78 is 60.6. The van der Waals surface area contributed by atoms with Gasteiger partial charge in [-0.3, -0.25) is 38.8 Å². The largest absolute Gasteiger partial charge is 0.382 e. The summed E-state index contributed by atoms with van der Waals surface area (Å²) in [6, 6.07) is 13.5. The Bertz CT molecular complexity index is 3020. The van der Waals surface area contributed by atoms with Crippen LogP contribution in [0.25, 0.3) is 33.1 Å². The lowest BCUT2D eigenvalue weighted by molar-refractivity contribution is -0.134. The van der Waals surface area contributed by atoms with Gasteiger partial charge in [-0.15, -0.1) is 0 Å². The van der Waals surface area contributed by atoms with Crippen molar-refractivity contribution in [1.82, 2.24) is 44.2 Å². The number of hydrogen-bond acceptors (Lipinski definition) is 12. The van der Waals surface area contributed by atoms with Gasteiger partial charge < -0.3 is 20.1 Å². The molecule has 1 unspecified atom stereocenters. The van der Waals surface area contributed by atoms with Crippen molar-refractivity contribution in [2.75, 3.05) is 74.3 Å². The molecule has 4 N–H and O–H groups in total. The van der Waals surface area contributed by atoms with E-state index in [1.807, 2.05) is 42.3 Å². The van der Waals surface area contributed by atoms with E-state index in [-0.39, 0.29) is 35.9 Å². The fourth-order valence-corrected chi connectivity index (χ4v) is 9.92. The number of aryl methyl sites for hydroxylation is 1. The Kier molecular flexibility index (Phi) is 12.5.